The van der Waals surface area contributed by atoms with Gasteiger partial charge < -0.3 is 19.6 Å². The Morgan fingerprint density at radius 3 is 2.60 bits per heavy atom. The Labute approximate surface area is 256 Å². The number of aromatic nitrogens is 1. The monoisotopic (exact) mass is 620 g/mol. The van der Waals surface area contributed by atoms with Gasteiger partial charge in [-0.15, -0.1) is 11.8 Å². The van der Waals surface area contributed by atoms with Crippen molar-refractivity contribution in [1.29, 1.82) is 0 Å². The first-order chi connectivity index (χ1) is 20.7. The number of rotatable bonds is 9. The fraction of sp³-hybridized carbons (Fsp3) is 0.438. The van der Waals surface area contributed by atoms with E-state index >= 15 is 0 Å². The summed E-state index contributed by atoms with van der Waals surface area (Å²) in [6.45, 7) is 2.59. The molecular formula is C32H32N2O7S2. The van der Waals surface area contributed by atoms with E-state index in [9.17, 15) is 19.2 Å². The second kappa shape index (κ2) is 10.9. The van der Waals surface area contributed by atoms with Crippen LogP contribution in [0.15, 0.2) is 52.3 Å². The average Bonchev–Trinajstić information content (AvgIpc) is 3.71. The van der Waals surface area contributed by atoms with Crippen LogP contribution in [0, 0.1) is 36.5 Å². The average molecular weight is 621 g/mol. The fourth-order valence-electron chi connectivity index (χ4n) is 8.02. The Balaban J connectivity index is 1.20. The van der Waals surface area contributed by atoms with Gasteiger partial charge in [0.15, 0.2) is 11.5 Å². The summed E-state index contributed by atoms with van der Waals surface area (Å²) in [5.74, 6) is -0.883. The van der Waals surface area contributed by atoms with Crippen LogP contribution < -0.4 is 14.3 Å². The number of aryl methyl sites for hydroxylation is 1. The number of aliphatic carboxylic acids is 1. The molecule has 43 heavy (non-hydrogen) atoms. The van der Waals surface area contributed by atoms with Crippen molar-refractivity contribution in [2.24, 2.45) is 29.6 Å². The lowest BCUT2D eigenvalue weighted by atomic mass is 9.68. The number of hydrogen-bond donors (Lipinski definition) is 2. The first-order valence-electron chi connectivity index (χ1n) is 14.6. The maximum Gasteiger partial charge on any atom is 0.305 e. The highest BCUT2D eigenvalue weighted by atomic mass is 32.2. The van der Waals surface area contributed by atoms with Gasteiger partial charge in [0.05, 0.1) is 24.0 Å². The van der Waals surface area contributed by atoms with E-state index in [0.717, 1.165) is 33.0 Å². The standard InChI is InChI=1S/C32H32N2O7S2/c1-15-5-3-6-16(11-15)14-41-20-9-8-17(12-21(20)40-2)23-24-18-13-19(27(24)42-29-28(23)43-32(39)33-29)26-25(18)30(37)34(31(26)38)10-4-7-22(35)36/h3,5-6,8-9,11-12,18-19,23-27H,4,7,10,13-14H2,1-2H3,(H,33,39)(H,35,36)/t18?,19?,23-,24?,25?,26?,27?/m1/s1. The number of likely N-dealkylation sites (tertiary alicyclic amines) is 1. The van der Waals surface area contributed by atoms with Crippen molar-refractivity contribution in [3.8, 4) is 11.5 Å². The summed E-state index contributed by atoms with van der Waals surface area (Å²) in [5.41, 5.74) is 3.21. The summed E-state index contributed by atoms with van der Waals surface area (Å²) >= 11 is 2.86. The number of nitrogens with one attached hydrogen (secondary N) is 1. The van der Waals surface area contributed by atoms with Crippen LogP contribution in [0.5, 0.6) is 11.5 Å². The van der Waals surface area contributed by atoms with Gasteiger partial charge in [0.2, 0.25) is 11.8 Å². The number of benzene rings is 2. The van der Waals surface area contributed by atoms with Gasteiger partial charge in [-0.3, -0.25) is 24.1 Å². The molecule has 0 radical (unpaired) electrons. The van der Waals surface area contributed by atoms with Crippen LogP contribution in [0.2, 0.25) is 0 Å². The lowest BCUT2D eigenvalue weighted by Gasteiger charge is -2.43. The van der Waals surface area contributed by atoms with Gasteiger partial charge in [0, 0.05) is 29.0 Å². The van der Waals surface area contributed by atoms with E-state index in [1.807, 2.05) is 43.3 Å². The molecule has 2 aromatic carbocycles. The molecule has 2 saturated carbocycles. The number of carboxylic acids is 1. The Hall–Kier alpha value is -3.57. The van der Waals surface area contributed by atoms with Gasteiger partial charge >= 0.3 is 10.8 Å². The van der Waals surface area contributed by atoms with Crippen molar-refractivity contribution in [2.45, 2.75) is 49.0 Å². The molecule has 11 heteroatoms. The maximum absolute atomic E-state index is 13.6. The number of hydrogen-bond acceptors (Lipinski definition) is 8. The SMILES string of the molecule is COc1cc([C@H]2c3sc(=O)[nH]c3SC3C4CC(C5C(=O)N(CCCC(=O)O)C(=O)C45)C32)ccc1OCc1cccc(C)c1. The van der Waals surface area contributed by atoms with Crippen LogP contribution in [0.4, 0.5) is 0 Å². The van der Waals surface area contributed by atoms with Gasteiger partial charge in [0.25, 0.3) is 0 Å². The Morgan fingerprint density at radius 2 is 1.86 bits per heavy atom. The highest BCUT2D eigenvalue weighted by Crippen LogP contribution is 2.68. The summed E-state index contributed by atoms with van der Waals surface area (Å²) in [4.78, 5) is 56.0. The predicted octanol–water partition coefficient (Wildman–Crippen LogP) is 4.67. The molecule has 6 unspecified atom stereocenters. The van der Waals surface area contributed by atoms with Crippen molar-refractivity contribution in [3.63, 3.8) is 0 Å². The normalized spacial score (nSPS) is 28.5. The molecule has 1 aromatic heterocycles. The summed E-state index contributed by atoms with van der Waals surface area (Å²) in [6, 6.07) is 14.1. The van der Waals surface area contributed by atoms with Gasteiger partial charge in [-0.25, -0.2) is 0 Å². The fourth-order valence-corrected chi connectivity index (χ4v) is 10.9. The van der Waals surface area contributed by atoms with Crippen LogP contribution >= 0.6 is 23.1 Å². The van der Waals surface area contributed by atoms with Crippen molar-refractivity contribution in [1.82, 2.24) is 9.88 Å². The van der Waals surface area contributed by atoms with E-state index in [2.05, 4.69) is 11.1 Å². The maximum atomic E-state index is 13.6. The largest absolute Gasteiger partial charge is 0.493 e. The second-order valence-electron chi connectivity index (χ2n) is 12.0. The minimum absolute atomic E-state index is 0.00739. The van der Waals surface area contributed by atoms with Crippen LogP contribution in [0.1, 0.15) is 46.7 Å². The number of ether oxygens (including phenoxy) is 2. The molecule has 7 rings (SSSR count). The molecule has 2 bridgehead atoms. The smallest absolute Gasteiger partial charge is 0.305 e. The third-order valence-electron chi connectivity index (χ3n) is 9.61. The number of nitrogens with zero attached hydrogens (tertiary/aromatic N) is 1. The number of carbonyl (C=O) groups excluding carboxylic acids is 2. The molecule has 224 valence electrons. The summed E-state index contributed by atoms with van der Waals surface area (Å²) in [7, 11) is 1.61. The zero-order valence-corrected chi connectivity index (χ0v) is 25.4. The number of carboxylic acid groups (broad SMARTS) is 1. The predicted molar refractivity (Wildman–Crippen MR) is 161 cm³/mol. The molecule has 3 fully saturated rings. The van der Waals surface area contributed by atoms with Gasteiger partial charge in [-0.1, -0.05) is 47.2 Å². The minimum Gasteiger partial charge on any atom is -0.493 e. The van der Waals surface area contributed by atoms with Crippen molar-refractivity contribution in [2.75, 3.05) is 13.7 Å². The molecule has 3 aromatic rings. The number of thioether (sulfide) groups is 1. The van der Waals surface area contributed by atoms with E-state index in [1.165, 1.54) is 16.2 Å². The number of imide groups is 1. The number of H-pyrrole nitrogens is 1. The van der Waals surface area contributed by atoms with E-state index < -0.39 is 11.9 Å². The topological polar surface area (TPSA) is 126 Å². The number of aromatic amines is 1. The first-order valence-corrected chi connectivity index (χ1v) is 16.3. The van der Waals surface area contributed by atoms with Gasteiger partial charge in [0.1, 0.15) is 6.61 Å². The van der Waals surface area contributed by atoms with Crippen LogP contribution in [0.3, 0.4) is 0 Å². The zero-order chi connectivity index (χ0) is 30.0. The van der Waals surface area contributed by atoms with Gasteiger partial charge in [-0.2, -0.15) is 0 Å². The lowest BCUT2D eigenvalue weighted by Crippen LogP contribution is -2.42. The Kier molecular flexibility index (Phi) is 7.12. The number of fused-ring (bicyclic) bond motifs is 9. The lowest BCUT2D eigenvalue weighted by molar-refractivity contribution is -0.142. The van der Waals surface area contributed by atoms with Crippen LogP contribution in [-0.2, 0) is 21.0 Å². The van der Waals surface area contributed by atoms with Crippen molar-refractivity contribution >= 4 is 40.9 Å². The number of carbonyl (C=O) groups is 3. The van der Waals surface area contributed by atoms with Gasteiger partial charge in [-0.05, 0) is 60.8 Å². The minimum atomic E-state index is -0.938. The van der Waals surface area contributed by atoms with Crippen molar-refractivity contribution in [3.05, 3.63) is 73.7 Å². The quantitative estimate of drug-likeness (QED) is 0.331. The number of thiazole rings is 1. The number of methoxy groups -OCH3 is 1. The first kappa shape index (κ1) is 28.2. The molecule has 7 atom stereocenters. The molecule has 2 aliphatic heterocycles. The highest BCUT2D eigenvalue weighted by Gasteiger charge is 2.69. The molecule has 2 N–H and O–H groups in total. The van der Waals surface area contributed by atoms with Crippen molar-refractivity contribution < 1.29 is 29.0 Å². The third-order valence-corrected chi connectivity index (χ3v) is 12.2. The Bertz CT molecular complexity index is 1680. The van der Waals surface area contributed by atoms with Crippen LogP contribution in [-0.4, -0.2) is 51.7 Å². The summed E-state index contributed by atoms with van der Waals surface area (Å²) in [5, 5.41) is 9.97. The number of amides is 2. The van der Waals surface area contributed by atoms with E-state index in [1.54, 1.807) is 18.9 Å². The summed E-state index contributed by atoms with van der Waals surface area (Å²) in [6.07, 6.45) is 0.966. The molecule has 0 spiro atoms. The molecule has 2 amide bonds. The molecular weight excluding hydrogens is 588 g/mol. The zero-order valence-electron chi connectivity index (χ0n) is 23.8. The molecule has 4 aliphatic rings. The van der Waals surface area contributed by atoms with E-state index in [0.29, 0.717) is 18.1 Å². The molecule has 3 heterocycles. The molecule has 2 aliphatic carbocycles. The molecule has 1 saturated heterocycles. The third kappa shape index (κ3) is 4.68. The van der Waals surface area contributed by atoms with E-state index in [4.69, 9.17) is 14.6 Å². The molecule has 9 nitrogen and oxygen atoms in total. The highest BCUT2D eigenvalue weighted by molar-refractivity contribution is 8.00. The van der Waals surface area contributed by atoms with E-state index in [-0.39, 0.29) is 70.9 Å². The Morgan fingerprint density at radius 1 is 1.07 bits per heavy atom. The second-order valence-corrected chi connectivity index (χ2v) is 14.2. The van der Waals surface area contributed by atoms with Crippen LogP contribution in [0.25, 0.3) is 0 Å². The summed E-state index contributed by atoms with van der Waals surface area (Å²) < 4.78 is 11.9.